The summed E-state index contributed by atoms with van der Waals surface area (Å²) in [6.07, 6.45) is 0. The van der Waals surface area contributed by atoms with Crippen molar-refractivity contribution in [2.75, 3.05) is 7.05 Å². The van der Waals surface area contributed by atoms with Crippen LogP contribution in [0.5, 0.6) is 0 Å². The lowest BCUT2D eigenvalue weighted by Gasteiger charge is -2.11. The molecule has 2 aromatic heterocycles. The molecule has 4 nitrogen and oxygen atoms in total. The third-order valence-corrected chi connectivity index (χ3v) is 6.21. The number of hydrogen-bond acceptors (Lipinski definition) is 5. The number of thiophene rings is 1. The molecular formula is C14H11Br2N3OS. The zero-order valence-electron chi connectivity index (χ0n) is 11.0. The molecule has 0 aliphatic rings. The van der Waals surface area contributed by atoms with E-state index in [1.165, 1.54) is 0 Å². The predicted octanol–water partition coefficient (Wildman–Crippen LogP) is 4.63. The molecule has 1 unspecified atom stereocenters. The molecule has 7 heteroatoms. The van der Waals surface area contributed by atoms with Gasteiger partial charge in [-0.15, -0.1) is 21.5 Å². The number of rotatable bonds is 4. The zero-order chi connectivity index (χ0) is 14.8. The Balaban J connectivity index is 1.93. The summed E-state index contributed by atoms with van der Waals surface area (Å²) < 4.78 is 7.82. The number of hydrogen-bond donors (Lipinski definition) is 1. The van der Waals surface area contributed by atoms with Crippen molar-refractivity contribution in [3.8, 4) is 10.8 Å². The molecule has 2 heterocycles. The van der Waals surface area contributed by atoms with Crippen LogP contribution in [0.1, 0.15) is 17.5 Å². The van der Waals surface area contributed by atoms with Crippen LogP contribution < -0.4 is 5.32 Å². The Labute approximate surface area is 142 Å². The van der Waals surface area contributed by atoms with Gasteiger partial charge in [-0.2, -0.15) is 0 Å². The summed E-state index contributed by atoms with van der Waals surface area (Å²) in [6, 6.07) is 11.9. The Bertz CT molecular complexity index is 722. The highest BCUT2D eigenvalue weighted by Crippen LogP contribution is 2.38. The van der Waals surface area contributed by atoms with Gasteiger partial charge in [-0.25, -0.2) is 0 Å². The molecule has 0 fully saturated rings. The van der Waals surface area contributed by atoms with Crippen LogP contribution in [0.2, 0.25) is 0 Å². The maximum Gasteiger partial charge on any atom is 0.257 e. The van der Waals surface area contributed by atoms with Crippen LogP contribution in [0, 0.1) is 0 Å². The minimum atomic E-state index is -0.112. The van der Waals surface area contributed by atoms with Crippen LogP contribution >= 0.6 is 43.2 Å². The second kappa shape index (κ2) is 6.39. The standard InChI is InChI=1S/C14H11Br2N3OS/c1-17-11(8-5-3-2-4-6-8)14-19-18-13(20-14)10-7-9(15)12(16)21-10/h2-7,11,17H,1H3. The molecular weight excluding hydrogens is 418 g/mol. The third-order valence-electron chi connectivity index (χ3n) is 2.97. The second-order valence-electron chi connectivity index (χ2n) is 4.31. The third kappa shape index (κ3) is 3.11. The van der Waals surface area contributed by atoms with E-state index < -0.39 is 0 Å². The first kappa shape index (κ1) is 14.9. The molecule has 0 bridgehead atoms. The maximum absolute atomic E-state index is 5.83. The van der Waals surface area contributed by atoms with Gasteiger partial charge in [-0.05, 0) is 50.5 Å². The molecule has 0 spiro atoms. The Morgan fingerprint density at radius 3 is 2.57 bits per heavy atom. The molecule has 3 rings (SSSR count). The van der Waals surface area contributed by atoms with E-state index in [1.54, 1.807) is 11.3 Å². The average molecular weight is 429 g/mol. The molecule has 1 atom stereocenters. The SMILES string of the molecule is CNC(c1ccccc1)c1nnc(-c2cc(Br)c(Br)s2)o1. The fraction of sp³-hybridized carbons (Fsp3) is 0.143. The van der Waals surface area contributed by atoms with Crippen LogP contribution in [0.3, 0.4) is 0 Å². The van der Waals surface area contributed by atoms with Crippen molar-refractivity contribution in [2.45, 2.75) is 6.04 Å². The van der Waals surface area contributed by atoms with Gasteiger partial charge in [0, 0.05) is 4.47 Å². The van der Waals surface area contributed by atoms with Crippen molar-refractivity contribution in [1.29, 1.82) is 0 Å². The smallest absolute Gasteiger partial charge is 0.257 e. The lowest BCUT2D eigenvalue weighted by molar-refractivity contribution is 0.456. The van der Waals surface area contributed by atoms with Gasteiger partial charge in [0.25, 0.3) is 5.89 Å². The van der Waals surface area contributed by atoms with Gasteiger partial charge in [0.05, 0.1) is 8.66 Å². The highest BCUT2D eigenvalue weighted by Gasteiger charge is 2.20. The van der Waals surface area contributed by atoms with Gasteiger partial charge in [0.1, 0.15) is 6.04 Å². The first-order valence-electron chi connectivity index (χ1n) is 6.20. The van der Waals surface area contributed by atoms with Crippen LogP contribution in [0.4, 0.5) is 0 Å². The van der Waals surface area contributed by atoms with Gasteiger partial charge >= 0.3 is 0 Å². The van der Waals surface area contributed by atoms with Crippen molar-refractivity contribution < 1.29 is 4.42 Å². The minimum Gasteiger partial charge on any atom is -0.418 e. The lowest BCUT2D eigenvalue weighted by Crippen LogP contribution is -2.17. The monoisotopic (exact) mass is 427 g/mol. The lowest BCUT2D eigenvalue weighted by atomic mass is 10.1. The van der Waals surface area contributed by atoms with Crippen LogP contribution in [-0.2, 0) is 0 Å². The Hall–Kier alpha value is -1.02. The topological polar surface area (TPSA) is 51.0 Å². The summed E-state index contributed by atoms with van der Waals surface area (Å²) >= 11 is 8.48. The number of nitrogens with zero attached hydrogens (tertiary/aromatic N) is 2. The van der Waals surface area contributed by atoms with E-state index in [0.29, 0.717) is 11.8 Å². The van der Waals surface area contributed by atoms with E-state index >= 15 is 0 Å². The van der Waals surface area contributed by atoms with E-state index in [1.807, 2.05) is 43.4 Å². The number of aromatic nitrogens is 2. The van der Waals surface area contributed by atoms with Crippen molar-refractivity contribution >= 4 is 43.2 Å². The fourth-order valence-corrected chi connectivity index (χ4v) is 3.94. The molecule has 0 saturated heterocycles. The Morgan fingerprint density at radius 1 is 1.19 bits per heavy atom. The fourth-order valence-electron chi connectivity index (χ4n) is 1.98. The normalized spacial score (nSPS) is 12.5. The van der Waals surface area contributed by atoms with Gasteiger partial charge in [-0.3, -0.25) is 0 Å². The molecule has 0 saturated carbocycles. The molecule has 0 radical (unpaired) electrons. The van der Waals surface area contributed by atoms with Gasteiger partial charge in [0.15, 0.2) is 0 Å². The van der Waals surface area contributed by atoms with E-state index in [2.05, 4.69) is 47.4 Å². The van der Waals surface area contributed by atoms with E-state index in [9.17, 15) is 0 Å². The van der Waals surface area contributed by atoms with Crippen LogP contribution in [-0.4, -0.2) is 17.2 Å². The maximum atomic E-state index is 5.83. The zero-order valence-corrected chi connectivity index (χ0v) is 15.0. The van der Waals surface area contributed by atoms with Crippen LogP contribution in [0.25, 0.3) is 10.8 Å². The van der Waals surface area contributed by atoms with E-state index in [4.69, 9.17) is 4.42 Å². The summed E-state index contributed by atoms with van der Waals surface area (Å²) in [5.74, 6) is 1.08. The minimum absolute atomic E-state index is 0.112. The number of benzene rings is 1. The molecule has 108 valence electrons. The average Bonchev–Trinajstić information content (AvgIpc) is 3.09. The highest BCUT2D eigenvalue weighted by molar-refractivity contribution is 9.13. The molecule has 0 aliphatic heterocycles. The molecule has 0 aliphatic carbocycles. The highest BCUT2D eigenvalue weighted by atomic mass is 79.9. The van der Waals surface area contributed by atoms with Gasteiger partial charge < -0.3 is 9.73 Å². The summed E-state index contributed by atoms with van der Waals surface area (Å²) in [7, 11) is 1.87. The van der Waals surface area contributed by atoms with Gasteiger partial charge in [-0.1, -0.05) is 30.3 Å². The molecule has 1 aromatic carbocycles. The Morgan fingerprint density at radius 2 is 1.95 bits per heavy atom. The summed E-state index contributed by atoms with van der Waals surface area (Å²) in [5.41, 5.74) is 1.09. The molecule has 3 aromatic rings. The molecule has 1 N–H and O–H groups in total. The quantitative estimate of drug-likeness (QED) is 0.657. The first-order chi connectivity index (χ1) is 10.2. The first-order valence-corrected chi connectivity index (χ1v) is 8.60. The van der Waals surface area contributed by atoms with E-state index in [-0.39, 0.29) is 6.04 Å². The largest absolute Gasteiger partial charge is 0.418 e. The van der Waals surface area contributed by atoms with Crippen molar-refractivity contribution in [3.63, 3.8) is 0 Å². The van der Waals surface area contributed by atoms with E-state index in [0.717, 1.165) is 18.7 Å². The number of halogens is 2. The van der Waals surface area contributed by atoms with Gasteiger partial charge in [0.2, 0.25) is 5.89 Å². The van der Waals surface area contributed by atoms with Crippen molar-refractivity contribution in [3.05, 3.63) is 56.1 Å². The van der Waals surface area contributed by atoms with Crippen molar-refractivity contribution in [2.24, 2.45) is 0 Å². The predicted molar refractivity (Wildman–Crippen MR) is 90.4 cm³/mol. The molecule has 0 amide bonds. The van der Waals surface area contributed by atoms with Crippen LogP contribution in [0.15, 0.2) is 49.1 Å². The van der Waals surface area contributed by atoms with Crippen molar-refractivity contribution in [1.82, 2.24) is 15.5 Å². The Kier molecular flexibility index (Phi) is 4.54. The summed E-state index contributed by atoms with van der Waals surface area (Å²) in [5, 5.41) is 11.5. The summed E-state index contributed by atoms with van der Waals surface area (Å²) in [4.78, 5) is 0.926. The summed E-state index contributed by atoms with van der Waals surface area (Å²) in [6.45, 7) is 0. The number of nitrogens with one attached hydrogen (secondary N) is 1. The molecule has 21 heavy (non-hydrogen) atoms. The second-order valence-corrected chi connectivity index (χ2v) is 7.53.